The van der Waals surface area contributed by atoms with Gasteiger partial charge in [-0.3, -0.25) is 4.79 Å². The number of rotatable bonds is 1. The summed E-state index contributed by atoms with van der Waals surface area (Å²) in [4.78, 5) is 24.3. The number of hydrogen-bond donors (Lipinski definition) is 1. The Balaban J connectivity index is 1.69. The molecule has 4 rings (SSSR count). The van der Waals surface area contributed by atoms with Crippen LogP contribution < -0.4 is 0 Å². The lowest BCUT2D eigenvalue weighted by molar-refractivity contribution is -0.184. The molecule has 0 radical (unpaired) electrons. The summed E-state index contributed by atoms with van der Waals surface area (Å²) < 4.78 is 4.97. The van der Waals surface area contributed by atoms with Gasteiger partial charge < -0.3 is 9.84 Å². The van der Waals surface area contributed by atoms with E-state index in [-0.39, 0.29) is 5.41 Å². The van der Waals surface area contributed by atoms with Gasteiger partial charge >= 0.3 is 5.97 Å². The largest absolute Gasteiger partial charge is 0.467 e. The number of ether oxygens (including phenoxy) is 1. The van der Waals surface area contributed by atoms with Crippen LogP contribution >= 0.6 is 0 Å². The van der Waals surface area contributed by atoms with E-state index < -0.39 is 17.0 Å². The number of methoxy groups -OCH3 is 1. The number of carbonyl (C=O) groups is 2. The summed E-state index contributed by atoms with van der Waals surface area (Å²) in [5, 5.41) is 11.2. The molecule has 0 bridgehead atoms. The Labute approximate surface area is 150 Å². The number of allylic oxidation sites excluding steroid dienone is 2. The highest BCUT2D eigenvalue weighted by molar-refractivity contribution is 5.83. The van der Waals surface area contributed by atoms with Crippen molar-refractivity contribution in [3.63, 3.8) is 0 Å². The van der Waals surface area contributed by atoms with Gasteiger partial charge in [0, 0.05) is 18.3 Å². The minimum Gasteiger partial charge on any atom is -0.467 e. The minimum absolute atomic E-state index is 0.129. The third-order valence-corrected chi connectivity index (χ3v) is 8.61. The van der Waals surface area contributed by atoms with Crippen LogP contribution in [0.25, 0.3) is 0 Å². The van der Waals surface area contributed by atoms with Crippen LogP contribution in [0.1, 0.15) is 65.2 Å². The number of aliphatic hydroxyl groups is 1. The van der Waals surface area contributed by atoms with E-state index in [4.69, 9.17) is 4.74 Å². The average Bonchev–Trinajstić information content (AvgIpc) is 2.87. The Morgan fingerprint density at radius 3 is 2.64 bits per heavy atom. The van der Waals surface area contributed by atoms with Crippen LogP contribution in [0.2, 0.25) is 0 Å². The van der Waals surface area contributed by atoms with Gasteiger partial charge in [0.05, 0.1) is 7.11 Å². The van der Waals surface area contributed by atoms with E-state index in [9.17, 15) is 14.7 Å². The lowest BCUT2D eigenvalue weighted by Crippen LogP contribution is -2.57. The third-order valence-electron chi connectivity index (χ3n) is 8.61. The Morgan fingerprint density at radius 1 is 1.20 bits per heavy atom. The Bertz CT molecular complexity index is 652. The van der Waals surface area contributed by atoms with Crippen molar-refractivity contribution < 1.29 is 19.4 Å². The standard InChI is InChI=1S/C21H30O4/c1-19-9-6-14(22)12-13(19)4-5-15-16(19)7-10-20(2)17(15)8-11-21(20,24)18(23)25-3/h4,15-17,24H,5-12H2,1-3H3/t15?,16?,17?,19-,20-,21-/m0/s1. The van der Waals surface area contributed by atoms with Crippen molar-refractivity contribution in [1.82, 2.24) is 0 Å². The van der Waals surface area contributed by atoms with Gasteiger partial charge in [0.1, 0.15) is 5.78 Å². The number of esters is 1. The van der Waals surface area contributed by atoms with E-state index in [1.807, 2.05) is 0 Å². The maximum atomic E-state index is 12.4. The topological polar surface area (TPSA) is 63.6 Å². The molecule has 1 N–H and O–H groups in total. The van der Waals surface area contributed by atoms with E-state index in [0.29, 0.717) is 42.8 Å². The molecule has 4 nitrogen and oxygen atoms in total. The number of fused-ring (bicyclic) bond motifs is 5. The fraction of sp³-hybridized carbons (Fsp3) is 0.810. The molecule has 4 aliphatic rings. The number of carbonyl (C=O) groups excluding carboxylic acids is 2. The van der Waals surface area contributed by atoms with Crippen molar-refractivity contribution in [2.45, 2.75) is 70.8 Å². The molecule has 0 aliphatic heterocycles. The monoisotopic (exact) mass is 346 g/mol. The summed E-state index contributed by atoms with van der Waals surface area (Å²) in [6.45, 7) is 4.45. The summed E-state index contributed by atoms with van der Waals surface area (Å²) in [6.07, 6.45) is 8.89. The van der Waals surface area contributed by atoms with Crippen molar-refractivity contribution in [1.29, 1.82) is 0 Å². The third kappa shape index (κ3) is 2.09. The first kappa shape index (κ1) is 17.3. The molecule has 0 aromatic heterocycles. The Hall–Kier alpha value is -1.16. The normalized spacial score (nSPS) is 48.9. The van der Waals surface area contributed by atoms with Gasteiger partial charge in [-0.15, -0.1) is 0 Å². The van der Waals surface area contributed by atoms with E-state index in [1.54, 1.807) is 0 Å². The van der Waals surface area contributed by atoms with Gasteiger partial charge in [-0.05, 0) is 61.7 Å². The van der Waals surface area contributed by atoms with Crippen LogP contribution in [0.15, 0.2) is 11.6 Å². The van der Waals surface area contributed by atoms with Gasteiger partial charge in [0.25, 0.3) is 0 Å². The molecule has 0 aromatic carbocycles. The van der Waals surface area contributed by atoms with Crippen LogP contribution in [0.4, 0.5) is 0 Å². The predicted octanol–water partition coefficient (Wildman–Crippen LogP) is 3.42. The highest BCUT2D eigenvalue weighted by atomic mass is 16.5. The molecule has 138 valence electrons. The molecule has 0 spiro atoms. The van der Waals surface area contributed by atoms with E-state index in [2.05, 4.69) is 19.9 Å². The van der Waals surface area contributed by atoms with Crippen LogP contribution in [0.3, 0.4) is 0 Å². The van der Waals surface area contributed by atoms with E-state index >= 15 is 0 Å². The molecule has 3 fully saturated rings. The van der Waals surface area contributed by atoms with Crippen molar-refractivity contribution in [3.05, 3.63) is 11.6 Å². The van der Waals surface area contributed by atoms with Crippen molar-refractivity contribution in [3.8, 4) is 0 Å². The SMILES string of the molecule is COC(=O)[C@@]1(O)CCC2C3CC=C4CC(=O)CC[C@]4(C)C3CC[C@@]21C. The molecule has 0 saturated heterocycles. The first-order valence-corrected chi connectivity index (χ1v) is 9.78. The van der Waals surface area contributed by atoms with Crippen LogP contribution in [0, 0.1) is 28.6 Å². The summed E-state index contributed by atoms with van der Waals surface area (Å²) in [6, 6.07) is 0. The maximum absolute atomic E-state index is 12.4. The zero-order valence-electron chi connectivity index (χ0n) is 15.6. The van der Waals surface area contributed by atoms with Crippen molar-refractivity contribution in [2.75, 3.05) is 7.11 Å². The summed E-state index contributed by atoms with van der Waals surface area (Å²) in [5.41, 5.74) is -0.252. The van der Waals surface area contributed by atoms with Crippen molar-refractivity contribution in [2.24, 2.45) is 28.6 Å². The molecular weight excluding hydrogens is 316 g/mol. The molecule has 4 aliphatic carbocycles. The second-order valence-electron chi connectivity index (χ2n) is 9.32. The molecule has 4 heteroatoms. The Morgan fingerprint density at radius 2 is 1.92 bits per heavy atom. The van der Waals surface area contributed by atoms with Crippen molar-refractivity contribution >= 4 is 11.8 Å². The fourth-order valence-corrected chi connectivity index (χ4v) is 7.00. The Kier molecular flexibility index (Phi) is 3.74. The number of ketones is 1. The quantitative estimate of drug-likeness (QED) is 0.584. The number of hydrogen-bond acceptors (Lipinski definition) is 4. The minimum atomic E-state index is -1.34. The van der Waals surface area contributed by atoms with E-state index in [1.165, 1.54) is 12.7 Å². The van der Waals surface area contributed by atoms with Crippen LogP contribution in [-0.2, 0) is 14.3 Å². The lowest BCUT2D eigenvalue weighted by atomic mass is 9.47. The smallest absolute Gasteiger partial charge is 0.338 e. The van der Waals surface area contributed by atoms with E-state index in [0.717, 1.165) is 32.1 Å². The molecule has 0 aromatic rings. The highest BCUT2D eigenvalue weighted by Crippen LogP contribution is 2.67. The number of Topliss-reactive ketones (excluding diaryl/α,β-unsaturated/α-hetero) is 1. The van der Waals surface area contributed by atoms with Gasteiger partial charge in [-0.1, -0.05) is 25.5 Å². The second kappa shape index (κ2) is 5.42. The first-order chi connectivity index (χ1) is 11.8. The molecular formula is C21H30O4. The molecule has 25 heavy (non-hydrogen) atoms. The van der Waals surface area contributed by atoms with Crippen LogP contribution in [-0.4, -0.2) is 29.6 Å². The average molecular weight is 346 g/mol. The first-order valence-electron chi connectivity index (χ1n) is 9.78. The van der Waals surface area contributed by atoms with Gasteiger partial charge in [0.2, 0.25) is 0 Å². The fourth-order valence-electron chi connectivity index (χ4n) is 7.00. The highest BCUT2D eigenvalue weighted by Gasteiger charge is 2.66. The van der Waals surface area contributed by atoms with Gasteiger partial charge in [-0.2, -0.15) is 0 Å². The van der Waals surface area contributed by atoms with Gasteiger partial charge in [0.15, 0.2) is 5.60 Å². The summed E-state index contributed by atoms with van der Waals surface area (Å²) in [7, 11) is 1.37. The molecule has 6 atom stereocenters. The summed E-state index contributed by atoms with van der Waals surface area (Å²) in [5.74, 6) is 1.34. The molecule has 3 unspecified atom stereocenters. The molecule has 0 amide bonds. The maximum Gasteiger partial charge on any atom is 0.338 e. The molecule has 3 saturated carbocycles. The lowest BCUT2D eigenvalue weighted by Gasteiger charge is -2.58. The predicted molar refractivity (Wildman–Crippen MR) is 93.7 cm³/mol. The zero-order chi connectivity index (χ0) is 18.0. The van der Waals surface area contributed by atoms with Gasteiger partial charge in [-0.25, -0.2) is 4.79 Å². The second-order valence-corrected chi connectivity index (χ2v) is 9.32. The van der Waals surface area contributed by atoms with Crippen LogP contribution in [0.5, 0.6) is 0 Å². The summed E-state index contributed by atoms with van der Waals surface area (Å²) >= 11 is 0. The zero-order valence-corrected chi connectivity index (χ0v) is 15.6. The molecule has 0 heterocycles.